The van der Waals surface area contributed by atoms with E-state index in [4.69, 9.17) is 5.11 Å². The molecule has 0 aromatic heterocycles. The van der Waals surface area contributed by atoms with Crippen molar-refractivity contribution in [1.29, 1.82) is 0 Å². The lowest BCUT2D eigenvalue weighted by atomic mass is 10.1. The van der Waals surface area contributed by atoms with Crippen LogP contribution in [0.5, 0.6) is 0 Å². The first kappa shape index (κ1) is 17.1. The maximum absolute atomic E-state index is 12.2. The van der Waals surface area contributed by atoms with Crippen LogP contribution in [0.1, 0.15) is 20.7 Å². The van der Waals surface area contributed by atoms with Crippen LogP contribution in [-0.4, -0.2) is 59.0 Å². The van der Waals surface area contributed by atoms with E-state index in [1.807, 2.05) is 0 Å². The predicted octanol–water partition coefficient (Wildman–Crippen LogP) is 1.25. The zero-order valence-electron chi connectivity index (χ0n) is 12.4. The number of benzene rings is 1. The molecule has 2 rings (SSSR count). The SMILES string of the molecule is CP1(=O)CCN(NC(=O)c2cc(C(=O)O)cc([N+](=O)[O-])c2)CC1. The number of hydrogen-bond donors (Lipinski definition) is 2. The molecular formula is C13H16N3O6P. The molecule has 0 unspecified atom stereocenters. The molecule has 1 aliphatic rings. The molecule has 0 radical (unpaired) electrons. The third-order valence-electron chi connectivity index (χ3n) is 3.58. The quantitative estimate of drug-likeness (QED) is 0.479. The normalized spacial score (nSPS) is 17.4. The lowest BCUT2D eigenvalue weighted by Crippen LogP contribution is -2.47. The van der Waals surface area contributed by atoms with Crippen molar-refractivity contribution in [2.45, 2.75) is 0 Å². The summed E-state index contributed by atoms with van der Waals surface area (Å²) in [7, 11) is -2.14. The number of nitrogens with zero attached hydrogens (tertiary/aromatic N) is 2. The summed E-state index contributed by atoms with van der Waals surface area (Å²) in [5, 5.41) is 21.4. The Morgan fingerprint density at radius 2 is 1.83 bits per heavy atom. The standard InChI is InChI=1S/C13H16N3O6P/c1-23(22)4-2-15(3-5-23)14-12(17)9-6-10(13(18)19)8-11(7-9)16(20)21/h6-8H,2-5H2,1H3,(H,14,17)(H,18,19). The van der Waals surface area contributed by atoms with Crippen LogP contribution in [0.4, 0.5) is 5.69 Å². The van der Waals surface area contributed by atoms with Crippen molar-refractivity contribution in [3.8, 4) is 0 Å². The first-order valence-electron chi connectivity index (χ1n) is 6.82. The van der Waals surface area contributed by atoms with Crippen LogP contribution in [0.3, 0.4) is 0 Å². The summed E-state index contributed by atoms with van der Waals surface area (Å²) in [5.74, 6) is -1.99. The van der Waals surface area contributed by atoms with Gasteiger partial charge in [-0.2, -0.15) is 0 Å². The minimum atomic E-state index is -2.14. The van der Waals surface area contributed by atoms with E-state index in [1.165, 1.54) is 0 Å². The van der Waals surface area contributed by atoms with Gasteiger partial charge >= 0.3 is 5.97 Å². The van der Waals surface area contributed by atoms with Gasteiger partial charge in [0.2, 0.25) is 0 Å². The molecule has 1 aromatic carbocycles. The summed E-state index contributed by atoms with van der Waals surface area (Å²) in [5.41, 5.74) is 1.66. The summed E-state index contributed by atoms with van der Waals surface area (Å²) in [6.45, 7) is 2.55. The van der Waals surface area contributed by atoms with Crippen molar-refractivity contribution in [2.75, 3.05) is 32.1 Å². The maximum atomic E-state index is 12.2. The number of carbonyl (C=O) groups excluding carboxylic acids is 1. The van der Waals surface area contributed by atoms with Crippen molar-refractivity contribution < 1.29 is 24.2 Å². The highest BCUT2D eigenvalue weighted by Crippen LogP contribution is 2.42. The Kier molecular flexibility index (Phi) is 4.82. The average molecular weight is 341 g/mol. The predicted molar refractivity (Wildman–Crippen MR) is 82.4 cm³/mol. The Balaban J connectivity index is 2.17. The number of non-ortho nitro benzene ring substituents is 1. The van der Waals surface area contributed by atoms with E-state index in [2.05, 4.69) is 5.43 Å². The van der Waals surface area contributed by atoms with Gasteiger partial charge in [-0.05, 0) is 12.7 Å². The number of nitrogens with one attached hydrogen (secondary N) is 1. The first-order chi connectivity index (χ1) is 10.7. The molecular weight excluding hydrogens is 325 g/mol. The van der Waals surface area contributed by atoms with Gasteiger partial charge in [0.05, 0.1) is 17.6 Å². The highest BCUT2D eigenvalue weighted by atomic mass is 31.2. The third-order valence-corrected chi connectivity index (χ3v) is 5.88. The average Bonchev–Trinajstić information content (AvgIpc) is 2.48. The molecule has 2 N–H and O–H groups in total. The van der Waals surface area contributed by atoms with Gasteiger partial charge < -0.3 is 9.67 Å². The Morgan fingerprint density at radius 1 is 1.26 bits per heavy atom. The molecule has 1 heterocycles. The molecule has 0 atom stereocenters. The Labute approximate surface area is 131 Å². The van der Waals surface area contributed by atoms with E-state index in [1.54, 1.807) is 11.7 Å². The fraction of sp³-hybridized carbons (Fsp3) is 0.385. The van der Waals surface area contributed by atoms with Crippen LogP contribution >= 0.6 is 7.14 Å². The fourth-order valence-electron chi connectivity index (χ4n) is 2.18. The number of hydrazine groups is 1. The first-order valence-corrected chi connectivity index (χ1v) is 9.35. The van der Waals surface area contributed by atoms with Gasteiger partial charge in [-0.3, -0.25) is 20.3 Å². The lowest BCUT2D eigenvalue weighted by Gasteiger charge is -2.30. The minimum Gasteiger partial charge on any atom is -0.478 e. The van der Waals surface area contributed by atoms with E-state index in [0.29, 0.717) is 25.4 Å². The van der Waals surface area contributed by atoms with Crippen LogP contribution in [-0.2, 0) is 4.57 Å². The molecule has 124 valence electrons. The zero-order valence-corrected chi connectivity index (χ0v) is 13.3. The number of nitro benzene ring substituents is 1. The van der Waals surface area contributed by atoms with E-state index in [0.717, 1.165) is 18.2 Å². The second-order valence-corrected chi connectivity index (χ2v) is 8.99. The van der Waals surface area contributed by atoms with Crippen LogP contribution in [0.15, 0.2) is 18.2 Å². The van der Waals surface area contributed by atoms with Crippen LogP contribution in [0, 0.1) is 10.1 Å². The second-order valence-electron chi connectivity index (χ2n) is 5.50. The van der Waals surface area contributed by atoms with Gasteiger partial charge in [-0.1, -0.05) is 0 Å². The molecule has 10 heteroatoms. The zero-order chi connectivity index (χ0) is 17.2. The highest BCUT2D eigenvalue weighted by molar-refractivity contribution is 7.63. The number of hydrogen-bond acceptors (Lipinski definition) is 6. The van der Waals surface area contributed by atoms with E-state index >= 15 is 0 Å². The lowest BCUT2D eigenvalue weighted by molar-refractivity contribution is -0.384. The molecule has 0 bridgehead atoms. The molecule has 1 saturated heterocycles. The maximum Gasteiger partial charge on any atom is 0.335 e. The summed E-state index contributed by atoms with van der Waals surface area (Å²) in [6.07, 6.45) is 0.950. The van der Waals surface area contributed by atoms with Gasteiger partial charge in [0.1, 0.15) is 0 Å². The number of amides is 1. The Bertz CT molecular complexity index is 675. The summed E-state index contributed by atoms with van der Waals surface area (Å²) in [4.78, 5) is 33.3. The molecule has 0 saturated carbocycles. The van der Waals surface area contributed by atoms with Gasteiger partial charge in [0.25, 0.3) is 11.6 Å². The molecule has 23 heavy (non-hydrogen) atoms. The van der Waals surface area contributed by atoms with Crippen LogP contribution < -0.4 is 5.43 Å². The molecule has 1 aliphatic heterocycles. The van der Waals surface area contributed by atoms with Crippen molar-refractivity contribution in [1.82, 2.24) is 10.4 Å². The Hall–Kier alpha value is -2.25. The monoisotopic (exact) mass is 341 g/mol. The number of nitro groups is 1. The van der Waals surface area contributed by atoms with Crippen molar-refractivity contribution in [3.63, 3.8) is 0 Å². The summed E-state index contributed by atoms with van der Waals surface area (Å²) >= 11 is 0. The van der Waals surface area contributed by atoms with Gasteiger partial charge in [-0.25, -0.2) is 9.80 Å². The molecule has 1 amide bonds. The molecule has 1 aromatic rings. The third kappa shape index (κ3) is 4.37. The molecule has 0 spiro atoms. The smallest absolute Gasteiger partial charge is 0.335 e. The largest absolute Gasteiger partial charge is 0.478 e. The van der Waals surface area contributed by atoms with Crippen LogP contribution in [0.2, 0.25) is 0 Å². The number of carboxylic acids is 1. The summed E-state index contributed by atoms with van der Waals surface area (Å²) in [6, 6.07) is 3.00. The Morgan fingerprint density at radius 3 is 2.35 bits per heavy atom. The summed E-state index contributed by atoms with van der Waals surface area (Å²) < 4.78 is 11.9. The van der Waals surface area contributed by atoms with Crippen molar-refractivity contribution >= 4 is 24.7 Å². The second kappa shape index (κ2) is 6.47. The number of rotatable bonds is 4. The molecule has 9 nitrogen and oxygen atoms in total. The van der Waals surface area contributed by atoms with E-state index in [9.17, 15) is 24.3 Å². The number of carbonyl (C=O) groups is 2. The topological polar surface area (TPSA) is 130 Å². The van der Waals surface area contributed by atoms with Crippen molar-refractivity contribution in [2.24, 2.45) is 0 Å². The van der Waals surface area contributed by atoms with Gasteiger partial charge in [0.15, 0.2) is 0 Å². The highest BCUT2D eigenvalue weighted by Gasteiger charge is 2.25. The van der Waals surface area contributed by atoms with Gasteiger partial charge in [0, 0.05) is 43.1 Å². The minimum absolute atomic E-state index is 0.109. The van der Waals surface area contributed by atoms with Gasteiger partial charge in [-0.15, -0.1) is 0 Å². The van der Waals surface area contributed by atoms with E-state index < -0.39 is 29.6 Å². The fourth-order valence-corrected chi connectivity index (χ4v) is 3.73. The van der Waals surface area contributed by atoms with Crippen molar-refractivity contribution in [3.05, 3.63) is 39.4 Å². The van der Waals surface area contributed by atoms with Crippen LogP contribution in [0.25, 0.3) is 0 Å². The molecule has 0 aliphatic carbocycles. The number of aromatic carboxylic acids is 1. The number of carboxylic acid groups (broad SMARTS) is 1. The van der Waals surface area contributed by atoms with E-state index in [-0.39, 0.29) is 11.1 Å². The molecule has 1 fully saturated rings.